The van der Waals surface area contributed by atoms with Gasteiger partial charge in [-0.2, -0.15) is 0 Å². The van der Waals surface area contributed by atoms with Gasteiger partial charge in [-0.3, -0.25) is 14.9 Å². The van der Waals surface area contributed by atoms with E-state index in [1.807, 2.05) is 0 Å². The SMILES string of the molecule is C[C@@H](CO)NC(=O)c1ccc([N+](=O)[O-])cc1Cl. The van der Waals surface area contributed by atoms with Crippen LogP contribution in [0.2, 0.25) is 5.02 Å². The van der Waals surface area contributed by atoms with Crippen LogP contribution in [0.5, 0.6) is 0 Å². The van der Waals surface area contributed by atoms with E-state index in [4.69, 9.17) is 16.7 Å². The summed E-state index contributed by atoms with van der Waals surface area (Å²) in [5.74, 6) is -0.480. The van der Waals surface area contributed by atoms with Gasteiger partial charge in [-0.25, -0.2) is 0 Å². The van der Waals surface area contributed by atoms with Crippen LogP contribution in [0.3, 0.4) is 0 Å². The standard InChI is InChI=1S/C10H11ClN2O4/c1-6(5-14)12-10(15)8-3-2-7(13(16)17)4-9(8)11/h2-4,6,14H,5H2,1H3,(H,12,15)/t6-/m0/s1. The Morgan fingerprint density at radius 2 is 2.29 bits per heavy atom. The van der Waals surface area contributed by atoms with E-state index >= 15 is 0 Å². The van der Waals surface area contributed by atoms with Crippen molar-refractivity contribution in [3.8, 4) is 0 Å². The van der Waals surface area contributed by atoms with Crippen molar-refractivity contribution in [1.82, 2.24) is 5.32 Å². The third kappa shape index (κ3) is 3.40. The number of benzene rings is 1. The van der Waals surface area contributed by atoms with Gasteiger partial charge in [-0.1, -0.05) is 11.6 Å². The van der Waals surface area contributed by atoms with E-state index in [1.165, 1.54) is 12.1 Å². The number of halogens is 1. The van der Waals surface area contributed by atoms with E-state index < -0.39 is 16.9 Å². The first-order valence-corrected chi connectivity index (χ1v) is 5.19. The summed E-state index contributed by atoms with van der Waals surface area (Å²) in [6.45, 7) is 1.42. The summed E-state index contributed by atoms with van der Waals surface area (Å²) in [6, 6.07) is 3.18. The van der Waals surface area contributed by atoms with E-state index in [-0.39, 0.29) is 22.9 Å². The van der Waals surface area contributed by atoms with Gasteiger partial charge in [0.2, 0.25) is 0 Å². The van der Waals surface area contributed by atoms with Crippen molar-refractivity contribution in [2.24, 2.45) is 0 Å². The Labute approximate surface area is 102 Å². The number of rotatable bonds is 4. The summed E-state index contributed by atoms with van der Waals surface area (Å²) in [7, 11) is 0. The molecule has 6 nitrogen and oxygen atoms in total. The average molecular weight is 259 g/mol. The lowest BCUT2D eigenvalue weighted by molar-refractivity contribution is -0.384. The number of nitro groups is 1. The molecule has 0 aromatic heterocycles. The highest BCUT2D eigenvalue weighted by atomic mass is 35.5. The monoisotopic (exact) mass is 258 g/mol. The Morgan fingerprint density at radius 3 is 2.76 bits per heavy atom. The molecule has 1 aromatic rings. The lowest BCUT2D eigenvalue weighted by atomic mass is 10.2. The maximum Gasteiger partial charge on any atom is 0.270 e. The van der Waals surface area contributed by atoms with Crippen molar-refractivity contribution in [1.29, 1.82) is 0 Å². The molecule has 92 valence electrons. The van der Waals surface area contributed by atoms with E-state index in [1.54, 1.807) is 6.92 Å². The maximum atomic E-state index is 11.6. The van der Waals surface area contributed by atoms with Gasteiger partial charge >= 0.3 is 0 Å². The lowest BCUT2D eigenvalue weighted by Crippen LogP contribution is -2.35. The van der Waals surface area contributed by atoms with E-state index in [2.05, 4.69) is 5.32 Å². The molecule has 1 aromatic carbocycles. The van der Waals surface area contributed by atoms with Crippen molar-refractivity contribution in [2.45, 2.75) is 13.0 Å². The van der Waals surface area contributed by atoms with E-state index in [0.717, 1.165) is 6.07 Å². The first-order chi connectivity index (χ1) is 7.95. The fourth-order valence-corrected chi connectivity index (χ4v) is 1.41. The second kappa shape index (κ2) is 5.60. The van der Waals surface area contributed by atoms with Crippen molar-refractivity contribution in [3.63, 3.8) is 0 Å². The van der Waals surface area contributed by atoms with E-state index in [0.29, 0.717) is 0 Å². The summed E-state index contributed by atoms with van der Waals surface area (Å²) in [4.78, 5) is 21.5. The number of nitrogens with one attached hydrogen (secondary N) is 1. The number of carbonyl (C=O) groups is 1. The normalized spacial score (nSPS) is 11.9. The third-order valence-electron chi connectivity index (χ3n) is 2.06. The van der Waals surface area contributed by atoms with Gasteiger partial charge in [0, 0.05) is 18.2 Å². The molecule has 0 heterocycles. The number of amides is 1. The third-order valence-corrected chi connectivity index (χ3v) is 2.37. The van der Waals surface area contributed by atoms with Gasteiger partial charge in [-0.05, 0) is 13.0 Å². The first kappa shape index (κ1) is 13.4. The molecule has 0 unspecified atom stereocenters. The molecule has 0 spiro atoms. The van der Waals surface area contributed by atoms with Crippen LogP contribution in [0.25, 0.3) is 0 Å². The summed E-state index contributed by atoms with van der Waals surface area (Å²) in [6.07, 6.45) is 0. The summed E-state index contributed by atoms with van der Waals surface area (Å²) >= 11 is 5.77. The Balaban J connectivity index is 2.92. The van der Waals surface area contributed by atoms with Gasteiger partial charge in [0.1, 0.15) is 0 Å². The van der Waals surface area contributed by atoms with Gasteiger partial charge in [-0.15, -0.1) is 0 Å². The summed E-state index contributed by atoms with van der Waals surface area (Å²) in [5.41, 5.74) is -0.0423. The highest BCUT2D eigenvalue weighted by Crippen LogP contribution is 2.22. The largest absolute Gasteiger partial charge is 0.394 e. The second-order valence-corrected chi connectivity index (χ2v) is 3.89. The number of aliphatic hydroxyl groups excluding tert-OH is 1. The summed E-state index contributed by atoms with van der Waals surface area (Å²) in [5, 5.41) is 21.7. The number of hydrogen-bond acceptors (Lipinski definition) is 4. The van der Waals surface area contributed by atoms with Crippen molar-refractivity contribution in [2.75, 3.05) is 6.61 Å². The van der Waals surface area contributed by atoms with E-state index in [9.17, 15) is 14.9 Å². The highest BCUT2D eigenvalue weighted by molar-refractivity contribution is 6.34. The number of nitrogens with zero attached hydrogens (tertiary/aromatic N) is 1. The van der Waals surface area contributed by atoms with Gasteiger partial charge in [0.15, 0.2) is 0 Å². The van der Waals surface area contributed by atoms with Crippen LogP contribution in [0, 0.1) is 10.1 Å². The number of non-ortho nitro benzene ring substituents is 1. The maximum absolute atomic E-state index is 11.6. The van der Waals surface area contributed by atoms with Crippen LogP contribution in [-0.2, 0) is 0 Å². The minimum Gasteiger partial charge on any atom is -0.394 e. The van der Waals surface area contributed by atoms with Crippen LogP contribution in [0.1, 0.15) is 17.3 Å². The molecule has 0 fully saturated rings. The Bertz CT molecular complexity index is 450. The predicted octanol–water partition coefficient (Wildman–Crippen LogP) is 1.36. The Hall–Kier alpha value is -1.66. The quantitative estimate of drug-likeness (QED) is 0.630. The molecule has 0 aliphatic carbocycles. The van der Waals surface area contributed by atoms with Crippen molar-refractivity contribution in [3.05, 3.63) is 38.9 Å². The molecule has 2 N–H and O–H groups in total. The second-order valence-electron chi connectivity index (χ2n) is 3.48. The van der Waals surface area contributed by atoms with Crippen molar-refractivity contribution >= 4 is 23.2 Å². The highest BCUT2D eigenvalue weighted by Gasteiger charge is 2.15. The molecular formula is C10H11ClN2O4. The van der Waals surface area contributed by atoms with Crippen LogP contribution in [0.4, 0.5) is 5.69 Å². The molecule has 0 saturated carbocycles. The molecule has 1 rings (SSSR count). The first-order valence-electron chi connectivity index (χ1n) is 4.81. The smallest absolute Gasteiger partial charge is 0.270 e. The zero-order valence-corrected chi connectivity index (χ0v) is 9.77. The van der Waals surface area contributed by atoms with Gasteiger partial charge < -0.3 is 10.4 Å². The van der Waals surface area contributed by atoms with Gasteiger partial charge in [0.25, 0.3) is 11.6 Å². The minimum absolute atomic E-state index is 0.00170. The Kier molecular flexibility index (Phi) is 4.42. The molecule has 7 heteroatoms. The molecule has 0 bridgehead atoms. The van der Waals surface area contributed by atoms with Crippen LogP contribution in [0.15, 0.2) is 18.2 Å². The van der Waals surface area contributed by atoms with Crippen LogP contribution in [-0.4, -0.2) is 28.6 Å². The van der Waals surface area contributed by atoms with Crippen LogP contribution < -0.4 is 5.32 Å². The van der Waals surface area contributed by atoms with Crippen molar-refractivity contribution < 1.29 is 14.8 Å². The minimum atomic E-state index is -0.593. The zero-order valence-electron chi connectivity index (χ0n) is 9.01. The zero-order chi connectivity index (χ0) is 13.0. The molecule has 0 aliphatic heterocycles. The lowest BCUT2D eigenvalue weighted by Gasteiger charge is -2.11. The molecule has 1 amide bonds. The fourth-order valence-electron chi connectivity index (χ4n) is 1.15. The Morgan fingerprint density at radius 1 is 1.65 bits per heavy atom. The average Bonchev–Trinajstić information content (AvgIpc) is 2.28. The number of nitro benzene ring substituents is 1. The number of hydrogen-bond donors (Lipinski definition) is 2. The molecule has 0 saturated heterocycles. The summed E-state index contributed by atoms with van der Waals surface area (Å²) < 4.78 is 0. The topological polar surface area (TPSA) is 92.5 Å². The molecular weight excluding hydrogens is 248 g/mol. The fraction of sp³-hybridized carbons (Fsp3) is 0.300. The molecule has 17 heavy (non-hydrogen) atoms. The number of aliphatic hydroxyl groups is 1. The van der Waals surface area contributed by atoms with Crippen LogP contribution >= 0.6 is 11.6 Å². The molecule has 1 atom stereocenters. The molecule has 0 radical (unpaired) electrons. The molecule has 0 aliphatic rings. The van der Waals surface area contributed by atoms with Gasteiger partial charge in [0.05, 0.1) is 22.1 Å². The predicted molar refractivity (Wildman–Crippen MR) is 62.1 cm³/mol. The number of carbonyl (C=O) groups excluding carboxylic acids is 1.